The summed E-state index contributed by atoms with van der Waals surface area (Å²) in [5, 5.41) is 1.04. The molecule has 4 heteroatoms. The third kappa shape index (κ3) is 1.59. The van der Waals surface area contributed by atoms with Gasteiger partial charge in [-0.15, -0.1) is 0 Å². The van der Waals surface area contributed by atoms with Crippen molar-refractivity contribution in [2.75, 3.05) is 5.73 Å². The average Bonchev–Trinajstić information content (AvgIpc) is 3.03. The maximum absolute atomic E-state index is 6.02. The molecular weight excluding hydrogens is 212 g/mol. The minimum atomic E-state index is 0.614. The summed E-state index contributed by atoms with van der Waals surface area (Å²) in [5.41, 5.74) is 9.53. The fourth-order valence-electron chi connectivity index (χ4n) is 2.46. The number of nitrogen functional groups attached to an aromatic ring is 1. The molecule has 1 aliphatic carbocycles. The molecule has 0 aliphatic heterocycles. The molecule has 2 heterocycles. The van der Waals surface area contributed by atoms with Crippen molar-refractivity contribution in [1.82, 2.24) is 14.5 Å². The number of nitrogens with two attached hydrogens (primary N) is 1. The Kier molecular flexibility index (Phi) is 2.15. The van der Waals surface area contributed by atoms with Crippen LogP contribution in [0.3, 0.4) is 0 Å². The molecule has 0 unspecified atom stereocenters. The van der Waals surface area contributed by atoms with E-state index in [1.165, 1.54) is 24.1 Å². The lowest BCUT2D eigenvalue weighted by atomic mass is 10.2. The van der Waals surface area contributed by atoms with Crippen molar-refractivity contribution in [2.45, 2.75) is 40.2 Å². The highest BCUT2D eigenvalue weighted by Gasteiger charge is 2.25. The monoisotopic (exact) mass is 230 g/mol. The highest BCUT2D eigenvalue weighted by atomic mass is 15.1. The molecule has 2 aromatic rings. The Morgan fingerprint density at radius 3 is 2.59 bits per heavy atom. The van der Waals surface area contributed by atoms with Crippen LogP contribution in [0.1, 0.15) is 29.9 Å². The fourth-order valence-corrected chi connectivity index (χ4v) is 2.46. The average molecular weight is 230 g/mol. The van der Waals surface area contributed by atoms with E-state index in [4.69, 9.17) is 5.73 Å². The number of aryl methyl sites for hydroxylation is 2. The lowest BCUT2D eigenvalue weighted by Crippen LogP contribution is -2.04. The van der Waals surface area contributed by atoms with Crippen LogP contribution in [0, 0.1) is 26.7 Å². The van der Waals surface area contributed by atoms with Gasteiger partial charge in [-0.1, -0.05) is 0 Å². The molecule has 2 aromatic heterocycles. The second kappa shape index (κ2) is 3.45. The van der Waals surface area contributed by atoms with E-state index in [2.05, 4.69) is 28.4 Å². The summed E-state index contributed by atoms with van der Waals surface area (Å²) in [4.78, 5) is 8.84. The zero-order chi connectivity index (χ0) is 12.2. The van der Waals surface area contributed by atoms with Crippen molar-refractivity contribution in [1.29, 1.82) is 0 Å². The number of aromatic nitrogens is 3. The van der Waals surface area contributed by atoms with Gasteiger partial charge in [0.25, 0.3) is 0 Å². The van der Waals surface area contributed by atoms with Gasteiger partial charge in [-0.2, -0.15) is 0 Å². The summed E-state index contributed by atoms with van der Waals surface area (Å²) in [6, 6.07) is 0. The molecule has 2 N–H and O–H groups in total. The van der Waals surface area contributed by atoms with E-state index in [-0.39, 0.29) is 0 Å². The Morgan fingerprint density at radius 1 is 1.24 bits per heavy atom. The molecule has 17 heavy (non-hydrogen) atoms. The molecule has 0 aromatic carbocycles. The molecular formula is C13H18N4. The van der Waals surface area contributed by atoms with Crippen LogP contribution < -0.4 is 5.73 Å². The first kappa shape index (κ1) is 10.6. The van der Waals surface area contributed by atoms with Gasteiger partial charge in [0.2, 0.25) is 0 Å². The molecule has 0 atom stereocenters. The van der Waals surface area contributed by atoms with Crippen LogP contribution in [0.15, 0.2) is 0 Å². The number of rotatable bonds is 2. The largest absolute Gasteiger partial charge is 0.383 e. The van der Waals surface area contributed by atoms with E-state index in [1.54, 1.807) is 0 Å². The fraction of sp³-hybridized carbons (Fsp3) is 0.538. The van der Waals surface area contributed by atoms with Gasteiger partial charge in [-0.05, 0) is 45.1 Å². The van der Waals surface area contributed by atoms with Crippen LogP contribution in [-0.4, -0.2) is 14.5 Å². The Hall–Kier alpha value is -1.58. The quantitative estimate of drug-likeness (QED) is 0.861. The van der Waals surface area contributed by atoms with E-state index in [0.717, 1.165) is 29.3 Å². The van der Waals surface area contributed by atoms with E-state index >= 15 is 0 Å². The van der Waals surface area contributed by atoms with E-state index < -0.39 is 0 Å². The van der Waals surface area contributed by atoms with Gasteiger partial charge in [-0.25, -0.2) is 9.97 Å². The van der Waals surface area contributed by atoms with Gasteiger partial charge >= 0.3 is 0 Å². The smallest absolute Gasteiger partial charge is 0.146 e. The molecule has 0 saturated heterocycles. The van der Waals surface area contributed by atoms with Gasteiger partial charge in [-0.3, -0.25) is 0 Å². The lowest BCUT2D eigenvalue weighted by Gasteiger charge is -2.06. The Morgan fingerprint density at radius 2 is 1.94 bits per heavy atom. The summed E-state index contributed by atoms with van der Waals surface area (Å²) < 4.78 is 2.31. The number of fused-ring (bicyclic) bond motifs is 1. The highest BCUT2D eigenvalue weighted by Crippen LogP contribution is 2.34. The first-order valence-corrected chi connectivity index (χ1v) is 6.17. The summed E-state index contributed by atoms with van der Waals surface area (Å²) in [6.45, 7) is 7.23. The first-order valence-electron chi connectivity index (χ1n) is 6.17. The lowest BCUT2D eigenvalue weighted by molar-refractivity contribution is 0.626. The van der Waals surface area contributed by atoms with Gasteiger partial charge in [0.15, 0.2) is 0 Å². The minimum absolute atomic E-state index is 0.614. The predicted molar refractivity (Wildman–Crippen MR) is 68.9 cm³/mol. The standard InChI is InChI=1S/C13H18N4/c1-7-8(2)17(6-10-4-5-10)13-11(7)12(14)15-9(3)16-13/h10H,4-6H2,1-3H3,(H2,14,15,16). The summed E-state index contributed by atoms with van der Waals surface area (Å²) in [6.07, 6.45) is 2.69. The number of nitrogens with zero attached hydrogens (tertiary/aromatic N) is 3. The summed E-state index contributed by atoms with van der Waals surface area (Å²) in [7, 11) is 0. The first-order chi connectivity index (χ1) is 8.08. The molecule has 0 amide bonds. The van der Waals surface area contributed by atoms with Crippen LogP contribution in [0.5, 0.6) is 0 Å². The molecule has 0 radical (unpaired) electrons. The van der Waals surface area contributed by atoms with Crippen LogP contribution in [0.2, 0.25) is 0 Å². The van der Waals surface area contributed by atoms with Crippen LogP contribution in [0.25, 0.3) is 11.0 Å². The Labute approximate surface area is 101 Å². The molecule has 0 spiro atoms. The van der Waals surface area contributed by atoms with Gasteiger partial charge in [0.1, 0.15) is 17.3 Å². The zero-order valence-corrected chi connectivity index (χ0v) is 10.6. The third-order valence-electron chi connectivity index (χ3n) is 3.75. The SMILES string of the molecule is Cc1nc(N)c2c(C)c(C)n(CC3CC3)c2n1. The Bertz CT molecular complexity index is 593. The van der Waals surface area contributed by atoms with E-state index in [0.29, 0.717) is 5.82 Å². The molecule has 3 rings (SSSR count). The highest BCUT2D eigenvalue weighted by molar-refractivity contribution is 5.91. The van der Waals surface area contributed by atoms with Crippen molar-refractivity contribution in [2.24, 2.45) is 5.92 Å². The normalized spacial score (nSPS) is 15.7. The van der Waals surface area contributed by atoms with E-state index in [9.17, 15) is 0 Å². The van der Waals surface area contributed by atoms with Crippen molar-refractivity contribution in [3.63, 3.8) is 0 Å². The van der Waals surface area contributed by atoms with Crippen LogP contribution in [0.4, 0.5) is 5.82 Å². The maximum atomic E-state index is 6.02. The molecule has 1 aliphatic rings. The second-order valence-corrected chi connectivity index (χ2v) is 5.12. The Balaban J connectivity index is 2.28. The molecule has 1 saturated carbocycles. The summed E-state index contributed by atoms with van der Waals surface area (Å²) in [5.74, 6) is 2.20. The van der Waals surface area contributed by atoms with Gasteiger partial charge < -0.3 is 10.3 Å². The van der Waals surface area contributed by atoms with E-state index in [1.807, 2.05) is 6.92 Å². The number of hydrogen-bond acceptors (Lipinski definition) is 3. The molecule has 90 valence electrons. The zero-order valence-electron chi connectivity index (χ0n) is 10.6. The minimum Gasteiger partial charge on any atom is -0.383 e. The van der Waals surface area contributed by atoms with Crippen molar-refractivity contribution in [3.05, 3.63) is 17.1 Å². The predicted octanol–water partition coefficient (Wildman–Crippen LogP) is 2.35. The van der Waals surface area contributed by atoms with Crippen molar-refractivity contribution >= 4 is 16.9 Å². The van der Waals surface area contributed by atoms with Gasteiger partial charge in [0.05, 0.1) is 5.39 Å². The summed E-state index contributed by atoms with van der Waals surface area (Å²) >= 11 is 0. The van der Waals surface area contributed by atoms with Gasteiger partial charge in [0, 0.05) is 12.2 Å². The third-order valence-corrected chi connectivity index (χ3v) is 3.75. The molecule has 4 nitrogen and oxygen atoms in total. The number of hydrogen-bond donors (Lipinski definition) is 1. The maximum Gasteiger partial charge on any atom is 0.146 e. The second-order valence-electron chi connectivity index (χ2n) is 5.12. The topological polar surface area (TPSA) is 56.7 Å². The number of anilines is 1. The molecule has 0 bridgehead atoms. The van der Waals surface area contributed by atoms with Crippen molar-refractivity contribution < 1.29 is 0 Å². The van der Waals surface area contributed by atoms with Crippen LogP contribution in [-0.2, 0) is 6.54 Å². The van der Waals surface area contributed by atoms with Crippen LogP contribution >= 0.6 is 0 Å². The molecule has 1 fully saturated rings. The van der Waals surface area contributed by atoms with Crippen molar-refractivity contribution in [3.8, 4) is 0 Å².